The Kier molecular flexibility index (Phi) is 8.12. The number of nitrogens with one attached hydrogen (secondary N) is 2. The van der Waals surface area contributed by atoms with Crippen LogP contribution in [0.2, 0.25) is 0 Å². The van der Waals surface area contributed by atoms with Crippen molar-refractivity contribution in [2.24, 2.45) is 0 Å². The van der Waals surface area contributed by atoms with E-state index in [4.69, 9.17) is 5.10 Å². The van der Waals surface area contributed by atoms with E-state index in [2.05, 4.69) is 97.5 Å². The highest BCUT2D eigenvalue weighted by Crippen LogP contribution is 2.26. The first kappa shape index (κ1) is 27.1. The number of aromatic amines is 1. The first-order chi connectivity index (χ1) is 20.7. The Bertz CT molecular complexity index is 1760. The molecule has 0 bridgehead atoms. The molecule has 0 aliphatic heterocycles. The van der Waals surface area contributed by atoms with E-state index < -0.39 is 6.04 Å². The number of fused-ring (bicyclic) bond motifs is 1. The summed E-state index contributed by atoms with van der Waals surface area (Å²) in [6.45, 7) is 2.76. The topological polar surface area (TPSA) is 101 Å². The molecular formula is C34H33N7O. The van der Waals surface area contributed by atoms with Gasteiger partial charge < -0.3 is 14.9 Å². The molecule has 0 radical (unpaired) electrons. The van der Waals surface area contributed by atoms with Crippen LogP contribution in [0.25, 0.3) is 10.9 Å². The summed E-state index contributed by atoms with van der Waals surface area (Å²) >= 11 is 0. The molecule has 0 saturated carbocycles. The van der Waals surface area contributed by atoms with Crippen LogP contribution >= 0.6 is 0 Å². The molecule has 42 heavy (non-hydrogen) atoms. The second-order valence-corrected chi connectivity index (χ2v) is 10.4. The van der Waals surface area contributed by atoms with Gasteiger partial charge >= 0.3 is 0 Å². The monoisotopic (exact) mass is 555 g/mol. The highest BCUT2D eigenvalue weighted by molar-refractivity contribution is 5.92. The Morgan fingerprint density at radius 1 is 0.881 bits per heavy atom. The molecule has 0 spiro atoms. The Morgan fingerprint density at radius 3 is 2.45 bits per heavy atom. The van der Waals surface area contributed by atoms with Gasteiger partial charge in [0.1, 0.15) is 11.5 Å². The van der Waals surface area contributed by atoms with Crippen LogP contribution in [0.5, 0.6) is 0 Å². The number of para-hydroxylation sites is 1. The van der Waals surface area contributed by atoms with Gasteiger partial charge in [0.2, 0.25) is 0 Å². The number of carbonyl (C=O) groups excluding carboxylic acids is 1. The molecule has 2 N–H and O–H groups in total. The maximum atomic E-state index is 13.4. The van der Waals surface area contributed by atoms with Crippen molar-refractivity contribution < 1.29 is 4.79 Å². The summed E-state index contributed by atoms with van der Waals surface area (Å²) < 4.78 is 2.17. The fourth-order valence-corrected chi connectivity index (χ4v) is 5.30. The van der Waals surface area contributed by atoms with Crippen LogP contribution in [0, 0.1) is 0 Å². The largest absolute Gasteiger partial charge is 0.361 e. The maximum absolute atomic E-state index is 13.4. The second kappa shape index (κ2) is 12.6. The van der Waals surface area contributed by atoms with E-state index in [1.165, 1.54) is 23.5 Å². The van der Waals surface area contributed by atoms with Crippen molar-refractivity contribution >= 4 is 16.8 Å². The average Bonchev–Trinajstić information content (AvgIpc) is 3.64. The standard InChI is InChI=1S/C34H33N7O/c1-2-24-12-14-26(15-13-24)23-41-32(17-16-25-8-4-3-5-9-25)39-40-33(41)30(38-34(42)31-22-35-18-19-36-31)20-27-21-37-29-11-7-6-10-28(27)29/h3-15,18-19,21-22,30,37H,2,16-17,20,23H2,1H3,(H,38,42)/t30-/m1/s1. The van der Waals surface area contributed by atoms with Gasteiger partial charge in [0.05, 0.1) is 18.8 Å². The number of aryl methyl sites for hydroxylation is 3. The third-order valence-electron chi connectivity index (χ3n) is 7.62. The van der Waals surface area contributed by atoms with Crippen molar-refractivity contribution in [2.45, 2.75) is 45.2 Å². The van der Waals surface area contributed by atoms with Gasteiger partial charge in [-0.05, 0) is 41.2 Å². The molecule has 3 heterocycles. The number of hydrogen-bond acceptors (Lipinski definition) is 5. The molecule has 0 saturated heterocycles. The van der Waals surface area contributed by atoms with Gasteiger partial charge in [-0.2, -0.15) is 0 Å². The lowest BCUT2D eigenvalue weighted by atomic mass is 10.0. The maximum Gasteiger partial charge on any atom is 0.272 e. The molecule has 0 unspecified atom stereocenters. The van der Waals surface area contributed by atoms with E-state index in [1.54, 1.807) is 6.20 Å². The third-order valence-corrected chi connectivity index (χ3v) is 7.62. The van der Waals surface area contributed by atoms with Crippen molar-refractivity contribution in [3.05, 3.63) is 143 Å². The van der Waals surface area contributed by atoms with Gasteiger partial charge in [-0.3, -0.25) is 9.78 Å². The minimum absolute atomic E-state index is 0.256. The highest BCUT2D eigenvalue weighted by Gasteiger charge is 2.26. The summed E-state index contributed by atoms with van der Waals surface area (Å²) in [5.74, 6) is 1.28. The predicted molar refractivity (Wildman–Crippen MR) is 163 cm³/mol. The lowest BCUT2D eigenvalue weighted by Crippen LogP contribution is -2.33. The molecule has 1 amide bonds. The van der Waals surface area contributed by atoms with Crippen LogP contribution in [0.3, 0.4) is 0 Å². The van der Waals surface area contributed by atoms with Crippen LogP contribution in [0.4, 0.5) is 0 Å². The van der Waals surface area contributed by atoms with Gasteiger partial charge in [0.15, 0.2) is 5.82 Å². The molecule has 0 fully saturated rings. The van der Waals surface area contributed by atoms with Gasteiger partial charge in [-0.1, -0.05) is 79.7 Å². The van der Waals surface area contributed by atoms with Gasteiger partial charge in [-0.25, -0.2) is 4.98 Å². The Hall–Kier alpha value is -5.11. The number of rotatable bonds is 11. The average molecular weight is 556 g/mol. The second-order valence-electron chi connectivity index (χ2n) is 10.4. The molecule has 8 heteroatoms. The fourth-order valence-electron chi connectivity index (χ4n) is 5.30. The van der Waals surface area contributed by atoms with E-state index in [0.717, 1.165) is 47.1 Å². The van der Waals surface area contributed by atoms with Gasteiger partial charge in [-0.15, -0.1) is 10.2 Å². The highest BCUT2D eigenvalue weighted by atomic mass is 16.2. The molecule has 6 aromatic rings. The molecule has 210 valence electrons. The van der Waals surface area contributed by atoms with Crippen LogP contribution in [0.15, 0.2) is 104 Å². The molecule has 0 aliphatic rings. The number of hydrogen-bond donors (Lipinski definition) is 2. The summed E-state index contributed by atoms with van der Waals surface area (Å²) in [7, 11) is 0. The number of carbonyl (C=O) groups is 1. The molecular weight excluding hydrogens is 522 g/mol. The van der Waals surface area contributed by atoms with Gasteiger partial charge in [0, 0.05) is 42.3 Å². The lowest BCUT2D eigenvalue weighted by molar-refractivity contribution is 0.0928. The van der Waals surface area contributed by atoms with E-state index in [1.807, 2.05) is 24.4 Å². The first-order valence-corrected chi connectivity index (χ1v) is 14.3. The Morgan fingerprint density at radius 2 is 1.67 bits per heavy atom. The third kappa shape index (κ3) is 6.12. The van der Waals surface area contributed by atoms with Crippen LogP contribution in [0.1, 0.15) is 57.4 Å². The minimum atomic E-state index is -0.452. The van der Waals surface area contributed by atoms with Crippen LogP contribution < -0.4 is 5.32 Å². The van der Waals surface area contributed by atoms with Gasteiger partial charge in [0.25, 0.3) is 5.91 Å². The van der Waals surface area contributed by atoms with Crippen molar-refractivity contribution in [2.75, 3.05) is 0 Å². The molecule has 0 aliphatic carbocycles. The van der Waals surface area contributed by atoms with Crippen LogP contribution in [-0.4, -0.2) is 35.6 Å². The zero-order valence-corrected chi connectivity index (χ0v) is 23.6. The summed E-state index contributed by atoms with van der Waals surface area (Å²) in [4.78, 5) is 25.1. The minimum Gasteiger partial charge on any atom is -0.361 e. The Labute approximate surface area is 244 Å². The van der Waals surface area contributed by atoms with Crippen molar-refractivity contribution in [1.82, 2.24) is 35.0 Å². The van der Waals surface area contributed by atoms with E-state index >= 15 is 0 Å². The fraction of sp³-hybridized carbons (Fsp3) is 0.206. The quantitative estimate of drug-likeness (QED) is 0.215. The SMILES string of the molecule is CCc1ccc(Cn2c(CCc3ccccc3)nnc2[C@@H](Cc2c[nH]c3ccccc23)NC(=O)c2cnccn2)cc1. The lowest BCUT2D eigenvalue weighted by Gasteiger charge is -2.20. The molecule has 3 aromatic carbocycles. The van der Waals surface area contributed by atoms with E-state index in [0.29, 0.717) is 18.8 Å². The predicted octanol–water partition coefficient (Wildman–Crippen LogP) is 5.66. The van der Waals surface area contributed by atoms with Crippen molar-refractivity contribution in [3.63, 3.8) is 0 Å². The number of aromatic nitrogens is 6. The molecule has 3 aromatic heterocycles. The van der Waals surface area contributed by atoms with E-state index in [9.17, 15) is 4.79 Å². The summed E-state index contributed by atoms with van der Waals surface area (Å²) in [6.07, 6.45) is 9.64. The van der Waals surface area contributed by atoms with Crippen LogP contribution in [-0.2, 0) is 32.2 Å². The number of amides is 1. The summed E-state index contributed by atoms with van der Waals surface area (Å²) in [5, 5.41) is 13.7. The zero-order valence-electron chi connectivity index (χ0n) is 23.6. The molecule has 1 atom stereocenters. The van der Waals surface area contributed by atoms with Crippen molar-refractivity contribution in [1.29, 1.82) is 0 Å². The summed E-state index contributed by atoms with van der Waals surface area (Å²) in [6, 6.07) is 26.8. The first-order valence-electron chi connectivity index (χ1n) is 14.3. The van der Waals surface area contributed by atoms with E-state index in [-0.39, 0.29) is 11.6 Å². The number of benzene rings is 3. The molecule has 8 nitrogen and oxygen atoms in total. The smallest absolute Gasteiger partial charge is 0.272 e. The normalized spacial score (nSPS) is 11.9. The number of H-pyrrole nitrogens is 1. The molecule has 6 rings (SSSR count). The zero-order chi connectivity index (χ0) is 28.7. The Balaban J connectivity index is 1.38. The van der Waals surface area contributed by atoms with Crippen molar-refractivity contribution in [3.8, 4) is 0 Å². The summed E-state index contributed by atoms with van der Waals surface area (Å²) in [5.41, 5.74) is 6.08. The number of nitrogens with zero attached hydrogens (tertiary/aromatic N) is 5.